The van der Waals surface area contributed by atoms with Crippen LogP contribution in [0.1, 0.15) is 19.8 Å². The number of rotatable bonds is 4. The standard InChI is InChI=1S/C8H14O3/c1-3-4-7(9)5-6-8(10)11-2/h5-7,9H,3-4H2,1-2H3/b6-5+/t7-/m1/s1. The van der Waals surface area contributed by atoms with Gasteiger partial charge < -0.3 is 9.84 Å². The van der Waals surface area contributed by atoms with Gasteiger partial charge in [0, 0.05) is 6.08 Å². The van der Waals surface area contributed by atoms with Crippen molar-refractivity contribution in [2.45, 2.75) is 25.9 Å². The maximum absolute atomic E-state index is 10.5. The highest BCUT2D eigenvalue weighted by Crippen LogP contribution is 1.97. The Labute approximate surface area is 66.7 Å². The van der Waals surface area contributed by atoms with Gasteiger partial charge in [0.1, 0.15) is 0 Å². The van der Waals surface area contributed by atoms with Crippen LogP contribution < -0.4 is 0 Å². The summed E-state index contributed by atoms with van der Waals surface area (Å²) in [5, 5.41) is 9.10. The van der Waals surface area contributed by atoms with Gasteiger partial charge in [-0.05, 0) is 12.5 Å². The molecule has 1 atom stereocenters. The molecule has 0 fully saturated rings. The lowest BCUT2D eigenvalue weighted by molar-refractivity contribution is -0.134. The molecule has 0 bridgehead atoms. The Bertz CT molecular complexity index is 140. The van der Waals surface area contributed by atoms with Crippen LogP contribution in [0.5, 0.6) is 0 Å². The van der Waals surface area contributed by atoms with Crippen molar-refractivity contribution in [3.63, 3.8) is 0 Å². The molecule has 0 saturated carbocycles. The first-order valence-corrected chi connectivity index (χ1v) is 3.65. The van der Waals surface area contributed by atoms with Crippen LogP contribution in [0.3, 0.4) is 0 Å². The molecule has 0 aliphatic rings. The van der Waals surface area contributed by atoms with E-state index in [1.54, 1.807) is 0 Å². The summed E-state index contributed by atoms with van der Waals surface area (Å²) in [5.74, 6) is -0.430. The maximum atomic E-state index is 10.5. The van der Waals surface area contributed by atoms with Crippen LogP contribution in [-0.4, -0.2) is 24.3 Å². The van der Waals surface area contributed by atoms with E-state index in [0.29, 0.717) is 6.42 Å². The number of hydrogen-bond donors (Lipinski definition) is 1. The van der Waals surface area contributed by atoms with Crippen molar-refractivity contribution in [2.75, 3.05) is 7.11 Å². The lowest BCUT2D eigenvalue weighted by atomic mass is 10.2. The zero-order valence-corrected chi connectivity index (χ0v) is 6.91. The minimum atomic E-state index is -0.529. The minimum Gasteiger partial charge on any atom is -0.466 e. The molecule has 0 radical (unpaired) electrons. The molecule has 0 saturated heterocycles. The number of methoxy groups -OCH3 is 1. The van der Waals surface area contributed by atoms with E-state index in [4.69, 9.17) is 5.11 Å². The van der Waals surface area contributed by atoms with Gasteiger partial charge in [0.15, 0.2) is 0 Å². The van der Waals surface area contributed by atoms with E-state index in [2.05, 4.69) is 4.74 Å². The third kappa shape index (κ3) is 5.61. The van der Waals surface area contributed by atoms with Crippen molar-refractivity contribution in [3.05, 3.63) is 12.2 Å². The van der Waals surface area contributed by atoms with Gasteiger partial charge in [-0.25, -0.2) is 4.79 Å². The molecule has 0 rings (SSSR count). The molecular formula is C8H14O3. The normalized spacial score (nSPS) is 13.4. The molecule has 0 aromatic rings. The first-order valence-electron chi connectivity index (χ1n) is 3.65. The monoisotopic (exact) mass is 158 g/mol. The van der Waals surface area contributed by atoms with Crippen LogP contribution in [0.15, 0.2) is 12.2 Å². The lowest BCUT2D eigenvalue weighted by Gasteiger charge is -2.00. The van der Waals surface area contributed by atoms with Gasteiger partial charge in [-0.3, -0.25) is 0 Å². The summed E-state index contributed by atoms with van der Waals surface area (Å²) in [6.07, 6.45) is 3.72. The molecule has 64 valence electrons. The number of esters is 1. The average molecular weight is 158 g/mol. The molecular weight excluding hydrogens is 144 g/mol. The van der Waals surface area contributed by atoms with Crippen LogP contribution in [0.2, 0.25) is 0 Å². The predicted octanol–water partition coefficient (Wildman–Crippen LogP) is 0.877. The summed E-state index contributed by atoms with van der Waals surface area (Å²) in [7, 11) is 1.30. The third-order valence-electron chi connectivity index (χ3n) is 1.24. The Morgan fingerprint density at radius 2 is 2.36 bits per heavy atom. The number of carbonyl (C=O) groups excluding carboxylic acids is 1. The van der Waals surface area contributed by atoms with Crippen molar-refractivity contribution >= 4 is 5.97 Å². The molecule has 0 aromatic heterocycles. The van der Waals surface area contributed by atoms with E-state index in [0.717, 1.165) is 6.42 Å². The maximum Gasteiger partial charge on any atom is 0.330 e. The van der Waals surface area contributed by atoms with Gasteiger partial charge in [-0.15, -0.1) is 0 Å². The molecule has 0 aliphatic carbocycles. The fourth-order valence-electron chi connectivity index (χ4n) is 0.650. The molecule has 0 aromatic carbocycles. The Hall–Kier alpha value is -0.830. The van der Waals surface area contributed by atoms with E-state index in [-0.39, 0.29) is 0 Å². The number of hydrogen-bond acceptors (Lipinski definition) is 3. The van der Waals surface area contributed by atoms with Crippen molar-refractivity contribution < 1.29 is 14.6 Å². The molecule has 11 heavy (non-hydrogen) atoms. The van der Waals surface area contributed by atoms with Crippen LogP contribution in [-0.2, 0) is 9.53 Å². The van der Waals surface area contributed by atoms with Crippen LogP contribution in [0, 0.1) is 0 Å². The molecule has 0 heterocycles. The topological polar surface area (TPSA) is 46.5 Å². The summed E-state index contributed by atoms with van der Waals surface area (Å²) in [6.45, 7) is 1.97. The zero-order chi connectivity index (χ0) is 8.69. The molecule has 0 amide bonds. The van der Waals surface area contributed by atoms with E-state index >= 15 is 0 Å². The summed E-state index contributed by atoms with van der Waals surface area (Å²) in [4.78, 5) is 10.5. The Morgan fingerprint density at radius 3 is 2.82 bits per heavy atom. The molecule has 1 N–H and O–H groups in total. The van der Waals surface area contributed by atoms with Crippen LogP contribution in [0.25, 0.3) is 0 Å². The van der Waals surface area contributed by atoms with E-state index in [9.17, 15) is 4.79 Å². The van der Waals surface area contributed by atoms with Gasteiger partial charge in [0.05, 0.1) is 13.2 Å². The SMILES string of the molecule is CCC[C@@H](O)/C=C/C(=O)OC. The van der Waals surface area contributed by atoms with Gasteiger partial charge in [0.25, 0.3) is 0 Å². The van der Waals surface area contributed by atoms with Gasteiger partial charge in [-0.1, -0.05) is 13.3 Å². The van der Waals surface area contributed by atoms with Gasteiger partial charge in [0.2, 0.25) is 0 Å². The first-order chi connectivity index (χ1) is 5.20. The molecule has 0 spiro atoms. The van der Waals surface area contributed by atoms with Crippen molar-refractivity contribution in [2.24, 2.45) is 0 Å². The Balaban J connectivity index is 3.63. The fraction of sp³-hybridized carbons (Fsp3) is 0.625. The van der Waals surface area contributed by atoms with Crippen LogP contribution in [0.4, 0.5) is 0 Å². The lowest BCUT2D eigenvalue weighted by Crippen LogP contribution is -2.03. The molecule has 3 heteroatoms. The quantitative estimate of drug-likeness (QED) is 0.488. The Morgan fingerprint density at radius 1 is 1.73 bits per heavy atom. The van der Waals surface area contributed by atoms with Crippen molar-refractivity contribution in [1.82, 2.24) is 0 Å². The highest BCUT2D eigenvalue weighted by atomic mass is 16.5. The fourth-order valence-corrected chi connectivity index (χ4v) is 0.650. The zero-order valence-electron chi connectivity index (χ0n) is 6.91. The summed E-state index contributed by atoms with van der Waals surface area (Å²) in [6, 6.07) is 0. The van der Waals surface area contributed by atoms with Gasteiger partial charge >= 0.3 is 5.97 Å². The number of aliphatic hydroxyl groups is 1. The first kappa shape index (κ1) is 10.2. The second kappa shape index (κ2) is 5.92. The Kier molecular flexibility index (Phi) is 5.47. The van der Waals surface area contributed by atoms with Crippen molar-refractivity contribution in [1.29, 1.82) is 0 Å². The molecule has 0 aliphatic heterocycles. The highest BCUT2D eigenvalue weighted by molar-refractivity contribution is 5.81. The molecule has 3 nitrogen and oxygen atoms in total. The van der Waals surface area contributed by atoms with E-state index in [1.165, 1.54) is 19.3 Å². The largest absolute Gasteiger partial charge is 0.466 e. The smallest absolute Gasteiger partial charge is 0.330 e. The number of aliphatic hydroxyl groups excluding tert-OH is 1. The van der Waals surface area contributed by atoms with Crippen molar-refractivity contribution in [3.8, 4) is 0 Å². The third-order valence-corrected chi connectivity index (χ3v) is 1.24. The second-order valence-electron chi connectivity index (χ2n) is 2.24. The number of carbonyl (C=O) groups is 1. The van der Waals surface area contributed by atoms with E-state index < -0.39 is 12.1 Å². The predicted molar refractivity (Wildman–Crippen MR) is 42.1 cm³/mol. The van der Waals surface area contributed by atoms with Crippen LogP contribution >= 0.6 is 0 Å². The summed E-state index contributed by atoms with van der Waals surface area (Å²) >= 11 is 0. The number of ether oxygens (including phenoxy) is 1. The average Bonchev–Trinajstić information content (AvgIpc) is 2.01. The summed E-state index contributed by atoms with van der Waals surface area (Å²) in [5.41, 5.74) is 0. The van der Waals surface area contributed by atoms with E-state index in [1.807, 2.05) is 6.92 Å². The minimum absolute atomic E-state index is 0.430. The second-order valence-corrected chi connectivity index (χ2v) is 2.24. The summed E-state index contributed by atoms with van der Waals surface area (Å²) < 4.78 is 4.34. The highest BCUT2D eigenvalue weighted by Gasteiger charge is 1.97. The van der Waals surface area contributed by atoms with Gasteiger partial charge in [-0.2, -0.15) is 0 Å². The molecule has 0 unspecified atom stereocenters.